The summed E-state index contributed by atoms with van der Waals surface area (Å²) in [7, 11) is 1.52. The van der Waals surface area contributed by atoms with Crippen molar-refractivity contribution in [3.05, 3.63) is 79.1 Å². The van der Waals surface area contributed by atoms with Gasteiger partial charge in [-0.15, -0.1) is 0 Å². The monoisotopic (exact) mass is 436 g/mol. The molecule has 0 unspecified atom stereocenters. The van der Waals surface area contributed by atoms with E-state index in [1.807, 2.05) is 30.3 Å². The van der Waals surface area contributed by atoms with Crippen LogP contribution in [0.2, 0.25) is 0 Å². The minimum atomic E-state index is -0.362. The third-order valence-electron chi connectivity index (χ3n) is 5.63. The Morgan fingerprint density at radius 3 is 2.61 bits per heavy atom. The normalized spacial score (nSPS) is 11.3. The Morgan fingerprint density at radius 1 is 0.879 bits per heavy atom. The van der Waals surface area contributed by atoms with E-state index in [1.54, 1.807) is 30.9 Å². The van der Waals surface area contributed by atoms with Gasteiger partial charge in [0.1, 0.15) is 22.9 Å². The molecule has 0 aliphatic rings. The van der Waals surface area contributed by atoms with Crippen LogP contribution in [0.4, 0.5) is 4.39 Å². The van der Waals surface area contributed by atoms with Gasteiger partial charge in [0.15, 0.2) is 0 Å². The molecule has 0 fully saturated rings. The topological polar surface area (TPSA) is 92.4 Å². The summed E-state index contributed by atoms with van der Waals surface area (Å²) in [5.74, 6) is 0.0969. The van der Waals surface area contributed by atoms with Gasteiger partial charge in [-0.05, 0) is 53.6 Å². The molecule has 6 aromatic rings. The number of fused-ring (bicyclic) bond motifs is 2. The van der Waals surface area contributed by atoms with E-state index in [4.69, 9.17) is 4.74 Å². The first kappa shape index (κ1) is 19.1. The van der Waals surface area contributed by atoms with Gasteiger partial charge in [-0.25, -0.2) is 9.37 Å². The van der Waals surface area contributed by atoms with Gasteiger partial charge in [0.2, 0.25) is 0 Å². The fourth-order valence-electron chi connectivity index (χ4n) is 4.04. The molecule has 0 amide bonds. The number of H-pyrrole nitrogens is 2. The summed E-state index contributed by atoms with van der Waals surface area (Å²) in [4.78, 5) is 16.4. The summed E-state index contributed by atoms with van der Waals surface area (Å²) in [6, 6.07) is 14.3. The molecule has 0 saturated heterocycles. The molecule has 5 aromatic heterocycles. The molecule has 8 heteroatoms. The lowest BCUT2D eigenvalue weighted by Gasteiger charge is -2.06. The first-order chi connectivity index (χ1) is 16.2. The quantitative estimate of drug-likeness (QED) is 0.387. The highest BCUT2D eigenvalue weighted by Crippen LogP contribution is 2.35. The van der Waals surface area contributed by atoms with Crippen molar-refractivity contribution >= 4 is 21.9 Å². The van der Waals surface area contributed by atoms with E-state index in [-0.39, 0.29) is 5.82 Å². The number of hydrogen-bond donors (Lipinski definition) is 2. The zero-order valence-electron chi connectivity index (χ0n) is 17.5. The molecule has 33 heavy (non-hydrogen) atoms. The first-order valence-electron chi connectivity index (χ1n) is 10.3. The number of nitrogens with zero attached hydrogens (tertiary/aromatic N) is 4. The SMILES string of the molecule is COc1cc(F)cc(-c2ccnc3[nH]c(-c4n[nH]c5cnc(-c6ccncc6)cc45)cc23)c1. The van der Waals surface area contributed by atoms with Crippen molar-refractivity contribution in [2.24, 2.45) is 0 Å². The van der Waals surface area contributed by atoms with Crippen molar-refractivity contribution in [1.82, 2.24) is 30.1 Å². The molecule has 7 nitrogen and oxygen atoms in total. The molecule has 0 spiro atoms. The van der Waals surface area contributed by atoms with E-state index in [1.165, 1.54) is 19.2 Å². The summed E-state index contributed by atoms with van der Waals surface area (Å²) < 4.78 is 19.4. The van der Waals surface area contributed by atoms with E-state index in [0.717, 1.165) is 44.5 Å². The Kier molecular flexibility index (Phi) is 4.36. The minimum Gasteiger partial charge on any atom is -0.497 e. The number of aromatic amines is 2. The van der Waals surface area contributed by atoms with E-state index < -0.39 is 0 Å². The number of benzene rings is 1. The van der Waals surface area contributed by atoms with Crippen LogP contribution in [-0.4, -0.2) is 37.2 Å². The number of pyridine rings is 3. The predicted molar refractivity (Wildman–Crippen MR) is 124 cm³/mol. The van der Waals surface area contributed by atoms with Gasteiger partial charge >= 0.3 is 0 Å². The van der Waals surface area contributed by atoms with Crippen LogP contribution in [0.15, 0.2) is 73.3 Å². The average Bonchev–Trinajstić information content (AvgIpc) is 3.47. The Bertz CT molecular complexity index is 1620. The maximum absolute atomic E-state index is 14.2. The van der Waals surface area contributed by atoms with Crippen LogP contribution in [-0.2, 0) is 0 Å². The lowest BCUT2D eigenvalue weighted by molar-refractivity contribution is 0.411. The molecule has 0 aliphatic carbocycles. The average molecular weight is 436 g/mol. The summed E-state index contributed by atoms with van der Waals surface area (Å²) in [5.41, 5.74) is 6.42. The molecular formula is C25H17FN6O. The number of nitrogens with one attached hydrogen (secondary N) is 2. The molecule has 1 aromatic carbocycles. The van der Waals surface area contributed by atoms with E-state index in [2.05, 4.69) is 30.1 Å². The van der Waals surface area contributed by atoms with Crippen LogP contribution in [0.25, 0.3) is 55.7 Å². The number of aromatic nitrogens is 6. The third kappa shape index (κ3) is 3.28. The molecule has 6 rings (SSSR count). The minimum absolute atomic E-state index is 0.362. The van der Waals surface area contributed by atoms with Gasteiger partial charge in [0.25, 0.3) is 0 Å². The van der Waals surface area contributed by atoms with Crippen molar-refractivity contribution in [1.29, 1.82) is 0 Å². The third-order valence-corrected chi connectivity index (χ3v) is 5.63. The number of ether oxygens (including phenoxy) is 1. The summed E-state index contributed by atoms with van der Waals surface area (Å²) in [6.45, 7) is 0. The second-order valence-electron chi connectivity index (χ2n) is 7.61. The van der Waals surface area contributed by atoms with Crippen molar-refractivity contribution in [2.45, 2.75) is 0 Å². The van der Waals surface area contributed by atoms with Crippen molar-refractivity contribution in [2.75, 3.05) is 7.11 Å². The highest BCUT2D eigenvalue weighted by Gasteiger charge is 2.16. The first-order valence-corrected chi connectivity index (χ1v) is 10.3. The smallest absolute Gasteiger partial charge is 0.138 e. The Balaban J connectivity index is 1.50. The maximum Gasteiger partial charge on any atom is 0.138 e. The molecule has 160 valence electrons. The Labute approximate surface area is 187 Å². The number of hydrogen-bond acceptors (Lipinski definition) is 5. The van der Waals surface area contributed by atoms with E-state index in [9.17, 15) is 4.39 Å². The molecule has 0 atom stereocenters. The fourth-order valence-corrected chi connectivity index (χ4v) is 4.04. The number of rotatable bonds is 4. The number of methoxy groups -OCH3 is 1. The van der Waals surface area contributed by atoms with Crippen LogP contribution in [0.3, 0.4) is 0 Å². The lowest BCUT2D eigenvalue weighted by Crippen LogP contribution is -1.88. The van der Waals surface area contributed by atoms with Crippen molar-refractivity contribution < 1.29 is 9.13 Å². The molecule has 0 bridgehead atoms. The lowest BCUT2D eigenvalue weighted by atomic mass is 10.0. The van der Waals surface area contributed by atoms with Gasteiger partial charge in [-0.2, -0.15) is 5.10 Å². The van der Waals surface area contributed by atoms with Gasteiger partial charge in [0, 0.05) is 41.0 Å². The standard InChI is InChI=1S/C25H17FN6O/c1-33-17-9-15(8-16(26)10-17)18-4-7-28-25-19(18)11-22(30-25)24-20-12-21(14-2-5-27-6-3-14)29-13-23(20)31-32-24/h2-13H,1H3,(H,28,30)(H,31,32). The second-order valence-corrected chi connectivity index (χ2v) is 7.61. The molecule has 5 heterocycles. The highest BCUT2D eigenvalue weighted by atomic mass is 19.1. The Morgan fingerprint density at radius 2 is 1.76 bits per heavy atom. The van der Waals surface area contributed by atoms with Gasteiger partial charge in [-0.1, -0.05) is 0 Å². The summed E-state index contributed by atoms with van der Waals surface area (Å²) in [6.07, 6.45) is 6.95. The zero-order valence-corrected chi connectivity index (χ0v) is 17.5. The largest absolute Gasteiger partial charge is 0.497 e. The van der Waals surface area contributed by atoms with Gasteiger partial charge in [-0.3, -0.25) is 15.1 Å². The Hall–Kier alpha value is -4.59. The van der Waals surface area contributed by atoms with Gasteiger partial charge < -0.3 is 9.72 Å². The van der Waals surface area contributed by atoms with Crippen LogP contribution >= 0.6 is 0 Å². The van der Waals surface area contributed by atoms with Crippen LogP contribution < -0.4 is 4.74 Å². The maximum atomic E-state index is 14.2. The highest BCUT2D eigenvalue weighted by molar-refractivity contribution is 6.00. The summed E-state index contributed by atoms with van der Waals surface area (Å²) in [5, 5.41) is 9.36. The van der Waals surface area contributed by atoms with E-state index in [0.29, 0.717) is 17.0 Å². The predicted octanol–water partition coefficient (Wildman–Crippen LogP) is 5.38. The summed E-state index contributed by atoms with van der Waals surface area (Å²) >= 11 is 0. The number of halogens is 1. The zero-order chi connectivity index (χ0) is 22.4. The van der Waals surface area contributed by atoms with Crippen LogP contribution in [0.1, 0.15) is 0 Å². The van der Waals surface area contributed by atoms with E-state index >= 15 is 0 Å². The second kappa shape index (κ2) is 7.52. The molecule has 0 saturated carbocycles. The molecule has 2 N–H and O–H groups in total. The molecular weight excluding hydrogens is 419 g/mol. The van der Waals surface area contributed by atoms with Crippen molar-refractivity contribution in [3.8, 4) is 39.5 Å². The fraction of sp³-hybridized carbons (Fsp3) is 0.0400. The van der Waals surface area contributed by atoms with Crippen LogP contribution in [0.5, 0.6) is 5.75 Å². The van der Waals surface area contributed by atoms with Crippen molar-refractivity contribution in [3.63, 3.8) is 0 Å². The van der Waals surface area contributed by atoms with Crippen LogP contribution in [0, 0.1) is 5.82 Å². The molecule has 0 radical (unpaired) electrons. The van der Waals surface area contributed by atoms with Gasteiger partial charge in [0.05, 0.1) is 30.2 Å². The molecule has 0 aliphatic heterocycles.